The second-order valence-electron chi connectivity index (χ2n) is 3.46. The first-order chi connectivity index (χ1) is 8.11. The average molecular weight is 234 g/mol. The second kappa shape index (κ2) is 4.33. The maximum Gasteiger partial charge on any atom is 0.201 e. The Morgan fingerprint density at radius 1 is 0.941 bits per heavy atom. The van der Waals surface area contributed by atoms with Crippen molar-refractivity contribution in [2.75, 3.05) is 0 Å². The first kappa shape index (κ1) is 11.3. The normalized spacial score (nSPS) is 10.2. The lowest BCUT2D eigenvalue weighted by Crippen LogP contribution is -2.05. The van der Waals surface area contributed by atoms with Gasteiger partial charge >= 0.3 is 0 Å². The number of hydrogen-bond donors (Lipinski definition) is 1. The van der Waals surface area contributed by atoms with E-state index >= 15 is 0 Å². The van der Waals surface area contributed by atoms with Crippen LogP contribution in [0.15, 0.2) is 42.5 Å². The van der Waals surface area contributed by atoms with Crippen LogP contribution in [0.25, 0.3) is 0 Å². The Hall–Kier alpha value is -2.23. The number of phenols is 1. The SMILES string of the molecule is O=C(c1ccccc1)c1ccc(O)c(F)c1F. The number of ketones is 1. The standard InChI is InChI=1S/C13H8F2O2/c14-11-9(6-7-10(16)12(11)15)13(17)8-4-2-1-3-5-8/h1-7,16H. The number of carbonyl (C=O) groups is 1. The lowest BCUT2D eigenvalue weighted by Gasteiger charge is -2.04. The number of benzene rings is 2. The van der Waals surface area contributed by atoms with Crippen molar-refractivity contribution in [1.29, 1.82) is 0 Å². The van der Waals surface area contributed by atoms with Crippen molar-refractivity contribution in [2.45, 2.75) is 0 Å². The fraction of sp³-hybridized carbons (Fsp3) is 0. The summed E-state index contributed by atoms with van der Waals surface area (Å²) in [4.78, 5) is 11.8. The third-order valence-electron chi connectivity index (χ3n) is 2.34. The molecule has 0 spiro atoms. The van der Waals surface area contributed by atoms with Gasteiger partial charge in [0.2, 0.25) is 5.82 Å². The van der Waals surface area contributed by atoms with Crippen LogP contribution in [0, 0.1) is 11.6 Å². The highest BCUT2D eigenvalue weighted by molar-refractivity contribution is 6.09. The summed E-state index contributed by atoms with van der Waals surface area (Å²) in [7, 11) is 0. The number of hydrogen-bond acceptors (Lipinski definition) is 2. The fourth-order valence-corrected chi connectivity index (χ4v) is 1.46. The highest BCUT2D eigenvalue weighted by atomic mass is 19.2. The molecule has 0 saturated heterocycles. The molecule has 0 saturated carbocycles. The maximum absolute atomic E-state index is 13.4. The van der Waals surface area contributed by atoms with Crippen molar-refractivity contribution < 1.29 is 18.7 Å². The molecule has 0 heterocycles. The summed E-state index contributed by atoms with van der Waals surface area (Å²) in [5.74, 6) is -4.18. The van der Waals surface area contributed by atoms with E-state index in [-0.39, 0.29) is 5.56 Å². The van der Waals surface area contributed by atoms with E-state index in [4.69, 9.17) is 5.11 Å². The van der Waals surface area contributed by atoms with Crippen LogP contribution in [-0.2, 0) is 0 Å². The number of phenolic OH excluding ortho intramolecular Hbond substituents is 1. The van der Waals surface area contributed by atoms with Gasteiger partial charge in [-0.1, -0.05) is 30.3 Å². The molecule has 0 aromatic heterocycles. The van der Waals surface area contributed by atoms with Crippen LogP contribution in [0.2, 0.25) is 0 Å². The minimum absolute atomic E-state index is 0.261. The Morgan fingerprint density at radius 3 is 2.24 bits per heavy atom. The predicted molar refractivity (Wildman–Crippen MR) is 57.9 cm³/mol. The molecule has 17 heavy (non-hydrogen) atoms. The third kappa shape index (κ3) is 2.01. The largest absolute Gasteiger partial charge is 0.505 e. The summed E-state index contributed by atoms with van der Waals surface area (Å²) in [5.41, 5.74) is -0.136. The van der Waals surface area contributed by atoms with Crippen LogP contribution in [0.4, 0.5) is 8.78 Å². The zero-order valence-electron chi connectivity index (χ0n) is 8.65. The minimum Gasteiger partial charge on any atom is -0.505 e. The molecule has 0 aliphatic heterocycles. The van der Waals surface area contributed by atoms with Crippen molar-refractivity contribution in [3.05, 3.63) is 65.2 Å². The van der Waals surface area contributed by atoms with Gasteiger partial charge < -0.3 is 5.11 Å². The van der Waals surface area contributed by atoms with E-state index in [0.29, 0.717) is 0 Å². The molecule has 2 aromatic rings. The Bertz CT molecular complexity index is 565. The van der Waals surface area contributed by atoms with Crippen molar-refractivity contribution in [3.8, 4) is 5.75 Å². The van der Waals surface area contributed by atoms with Gasteiger partial charge in [-0.3, -0.25) is 4.79 Å². The van der Waals surface area contributed by atoms with E-state index in [0.717, 1.165) is 12.1 Å². The topological polar surface area (TPSA) is 37.3 Å². The van der Waals surface area contributed by atoms with E-state index in [1.807, 2.05) is 0 Å². The van der Waals surface area contributed by atoms with E-state index in [1.54, 1.807) is 18.2 Å². The molecule has 0 aliphatic rings. The summed E-state index contributed by atoms with van der Waals surface area (Å²) >= 11 is 0. The van der Waals surface area contributed by atoms with E-state index in [2.05, 4.69) is 0 Å². The Labute approximate surface area is 96.1 Å². The first-order valence-electron chi connectivity index (χ1n) is 4.88. The number of carbonyl (C=O) groups excluding carboxylic acids is 1. The molecular weight excluding hydrogens is 226 g/mol. The molecule has 0 amide bonds. The van der Waals surface area contributed by atoms with Crippen LogP contribution in [0.5, 0.6) is 5.75 Å². The molecule has 1 N–H and O–H groups in total. The minimum atomic E-state index is -1.41. The quantitative estimate of drug-likeness (QED) is 0.811. The number of halogens is 2. The Balaban J connectivity index is 2.49. The molecular formula is C13H8F2O2. The van der Waals surface area contributed by atoms with Gasteiger partial charge in [-0.15, -0.1) is 0 Å². The predicted octanol–water partition coefficient (Wildman–Crippen LogP) is 2.90. The summed E-state index contributed by atoms with van der Waals surface area (Å²) in [6.07, 6.45) is 0. The van der Waals surface area contributed by atoms with Crippen LogP contribution in [0.1, 0.15) is 15.9 Å². The van der Waals surface area contributed by atoms with Crippen LogP contribution >= 0.6 is 0 Å². The van der Waals surface area contributed by atoms with Gasteiger partial charge in [-0.25, -0.2) is 4.39 Å². The molecule has 2 nitrogen and oxygen atoms in total. The van der Waals surface area contributed by atoms with E-state index in [1.165, 1.54) is 12.1 Å². The fourth-order valence-electron chi connectivity index (χ4n) is 1.46. The van der Waals surface area contributed by atoms with Crippen LogP contribution in [-0.4, -0.2) is 10.9 Å². The smallest absolute Gasteiger partial charge is 0.201 e. The van der Waals surface area contributed by atoms with Crippen LogP contribution in [0.3, 0.4) is 0 Å². The zero-order chi connectivity index (χ0) is 12.4. The molecule has 0 atom stereocenters. The van der Waals surface area contributed by atoms with Crippen LogP contribution < -0.4 is 0 Å². The van der Waals surface area contributed by atoms with Gasteiger partial charge in [0, 0.05) is 5.56 Å². The molecule has 0 aliphatic carbocycles. The van der Waals surface area contributed by atoms with E-state index in [9.17, 15) is 13.6 Å². The number of rotatable bonds is 2. The van der Waals surface area contributed by atoms with Gasteiger partial charge in [0.15, 0.2) is 17.3 Å². The summed E-state index contributed by atoms with van der Waals surface area (Å²) < 4.78 is 26.5. The summed E-state index contributed by atoms with van der Waals surface area (Å²) in [6, 6.07) is 9.99. The molecule has 0 unspecified atom stereocenters. The molecule has 4 heteroatoms. The van der Waals surface area contributed by atoms with Gasteiger partial charge in [-0.05, 0) is 12.1 Å². The molecule has 0 fully saturated rings. The molecule has 86 valence electrons. The van der Waals surface area contributed by atoms with Gasteiger partial charge in [-0.2, -0.15) is 4.39 Å². The van der Waals surface area contributed by atoms with Gasteiger partial charge in [0.1, 0.15) is 0 Å². The first-order valence-corrected chi connectivity index (χ1v) is 4.88. The molecule has 2 rings (SSSR count). The van der Waals surface area contributed by atoms with Crippen molar-refractivity contribution >= 4 is 5.78 Å². The van der Waals surface area contributed by atoms with Gasteiger partial charge in [0.05, 0.1) is 5.56 Å². The van der Waals surface area contributed by atoms with Gasteiger partial charge in [0.25, 0.3) is 0 Å². The average Bonchev–Trinajstić information content (AvgIpc) is 2.36. The summed E-state index contributed by atoms with van der Waals surface area (Å²) in [5, 5.41) is 8.95. The third-order valence-corrected chi connectivity index (χ3v) is 2.34. The van der Waals surface area contributed by atoms with Crippen molar-refractivity contribution in [2.24, 2.45) is 0 Å². The zero-order valence-corrected chi connectivity index (χ0v) is 8.65. The number of aromatic hydroxyl groups is 1. The van der Waals surface area contributed by atoms with Crippen molar-refractivity contribution in [3.63, 3.8) is 0 Å². The summed E-state index contributed by atoms with van der Waals surface area (Å²) in [6.45, 7) is 0. The molecule has 0 bridgehead atoms. The van der Waals surface area contributed by atoms with E-state index < -0.39 is 28.7 Å². The highest BCUT2D eigenvalue weighted by Gasteiger charge is 2.19. The maximum atomic E-state index is 13.4. The lowest BCUT2D eigenvalue weighted by atomic mass is 10.0. The molecule has 2 aromatic carbocycles. The Kier molecular flexibility index (Phi) is 2.87. The highest BCUT2D eigenvalue weighted by Crippen LogP contribution is 2.23. The van der Waals surface area contributed by atoms with Crippen molar-refractivity contribution in [1.82, 2.24) is 0 Å². The Morgan fingerprint density at radius 2 is 1.59 bits per heavy atom. The monoisotopic (exact) mass is 234 g/mol. The lowest BCUT2D eigenvalue weighted by molar-refractivity contribution is 0.103. The molecule has 0 radical (unpaired) electrons. The second-order valence-corrected chi connectivity index (χ2v) is 3.46.